The molecule has 1 aromatic rings. The Balaban J connectivity index is 2.00. The van der Waals surface area contributed by atoms with E-state index in [0.29, 0.717) is 18.7 Å². The molecule has 6 heteroatoms. The number of rotatable bonds is 3. The quantitative estimate of drug-likeness (QED) is 0.838. The van der Waals surface area contributed by atoms with Crippen molar-refractivity contribution >= 4 is 11.7 Å². The minimum absolute atomic E-state index is 0.0336. The number of aromatic nitrogens is 2. The highest BCUT2D eigenvalue weighted by Crippen LogP contribution is 2.20. The second-order valence-electron chi connectivity index (χ2n) is 4.56. The Kier molecular flexibility index (Phi) is 3.86. The van der Waals surface area contributed by atoms with Crippen molar-refractivity contribution in [1.82, 2.24) is 15.1 Å². The Morgan fingerprint density at radius 3 is 2.72 bits per heavy atom. The van der Waals surface area contributed by atoms with Crippen LogP contribution in [0.15, 0.2) is 0 Å². The molecular weight excluding hydrogens is 232 g/mol. The highest BCUT2D eigenvalue weighted by molar-refractivity contribution is 5.99. The molecule has 2 heterocycles. The average Bonchev–Trinajstić information content (AvgIpc) is 2.70. The van der Waals surface area contributed by atoms with E-state index in [-0.39, 0.29) is 17.8 Å². The lowest BCUT2D eigenvalue weighted by Crippen LogP contribution is -2.41. The molecule has 0 saturated carbocycles. The standard InChI is InChI=1S/C12H20N4O2/c1-3-18-9-4-6-16(7-5-9)12(17)10-8(2)14-15-11(10)13/h9H,3-7H2,1-2H3,(H3,13,14,15). The molecule has 1 aromatic heterocycles. The van der Waals surface area contributed by atoms with Crippen molar-refractivity contribution in [3.63, 3.8) is 0 Å². The van der Waals surface area contributed by atoms with Crippen molar-refractivity contribution in [2.75, 3.05) is 25.4 Å². The molecule has 18 heavy (non-hydrogen) atoms. The molecule has 1 aliphatic heterocycles. The minimum Gasteiger partial charge on any atom is -0.382 e. The summed E-state index contributed by atoms with van der Waals surface area (Å²) in [6.45, 7) is 5.96. The number of nitrogen functional groups attached to an aromatic ring is 1. The summed E-state index contributed by atoms with van der Waals surface area (Å²) < 4.78 is 5.57. The van der Waals surface area contributed by atoms with Crippen LogP contribution in [0.2, 0.25) is 0 Å². The fourth-order valence-corrected chi connectivity index (χ4v) is 2.34. The molecule has 0 aromatic carbocycles. The second kappa shape index (κ2) is 5.39. The maximum atomic E-state index is 12.3. The van der Waals surface area contributed by atoms with E-state index in [4.69, 9.17) is 10.5 Å². The van der Waals surface area contributed by atoms with Crippen LogP contribution in [-0.4, -0.2) is 46.8 Å². The van der Waals surface area contributed by atoms with Gasteiger partial charge < -0.3 is 15.4 Å². The van der Waals surface area contributed by atoms with E-state index < -0.39 is 0 Å². The number of nitrogens with one attached hydrogen (secondary N) is 1. The van der Waals surface area contributed by atoms with Crippen LogP contribution in [0.25, 0.3) is 0 Å². The smallest absolute Gasteiger partial charge is 0.259 e. The third-order valence-electron chi connectivity index (χ3n) is 3.32. The van der Waals surface area contributed by atoms with Crippen molar-refractivity contribution in [3.8, 4) is 0 Å². The van der Waals surface area contributed by atoms with Gasteiger partial charge in [0, 0.05) is 25.4 Å². The maximum absolute atomic E-state index is 12.3. The van der Waals surface area contributed by atoms with Gasteiger partial charge in [0.15, 0.2) is 5.82 Å². The second-order valence-corrected chi connectivity index (χ2v) is 4.56. The number of H-pyrrole nitrogens is 1. The first-order valence-corrected chi connectivity index (χ1v) is 6.34. The van der Waals surface area contributed by atoms with E-state index in [1.54, 1.807) is 0 Å². The van der Waals surface area contributed by atoms with Crippen LogP contribution >= 0.6 is 0 Å². The minimum atomic E-state index is -0.0336. The van der Waals surface area contributed by atoms with Crippen LogP contribution in [0.5, 0.6) is 0 Å². The number of carbonyl (C=O) groups is 1. The van der Waals surface area contributed by atoms with Gasteiger partial charge in [-0.05, 0) is 26.7 Å². The zero-order chi connectivity index (χ0) is 13.1. The summed E-state index contributed by atoms with van der Waals surface area (Å²) in [6.07, 6.45) is 2.05. The molecule has 2 rings (SSSR count). The Hall–Kier alpha value is -1.56. The van der Waals surface area contributed by atoms with E-state index in [1.807, 2.05) is 18.7 Å². The van der Waals surface area contributed by atoms with Crippen LogP contribution in [0.1, 0.15) is 35.8 Å². The normalized spacial score (nSPS) is 17.1. The summed E-state index contributed by atoms with van der Waals surface area (Å²) in [5.74, 6) is 0.248. The molecular formula is C12H20N4O2. The Morgan fingerprint density at radius 1 is 1.56 bits per heavy atom. The van der Waals surface area contributed by atoms with Crippen LogP contribution in [-0.2, 0) is 4.74 Å². The van der Waals surface area contributed by atoms with Gasteiger partial charge in [0.25, 0.3) is 5.91 Å². The molecule has 0 unspecified atom stereocenters. The monoisotopic (exact) mass is 252 g/mol. The molecule has 1 saturated heterocycles. The lowest BCUT2D eigenvalue weighted by atomic mass is 10.1. The summed E-state index contributed by atoms with van der Waals surface area (Å²) in [5.41, 5.74) is 6.94. The molecule has 100 valence electrons. The van der Waals surface area contributed by atoms with Gasteiger partial charge in [-0.1, -0.05) is 0 Å². The molecule has 0 spiro atoms. The predicted octanol–water partition coefficient (Wildman–Crippen LogP) is 0.941. The summed E-state index contributed by atoms with van der Waals surface area (Å²) in [5, 5.41) is 6.60. The first-order chi connectivity index (χ1) is 8.63. The number of aromatic amines is 1. The van der Waals surface area contributed by atoms with Crippen molar-refractivity contribution in [2.45, 2.75) is 32.8 Å². The summed E-state index contributed by atoms with van der Waals surface area (Å²) in [7, 11) is 0. The highest BCUT2D eigenvalue weighted by Gasteiger charge is 2.27. The third-order valence-corrected chi connectivity index (χ3v) is 3.32. The van der Waals surface area contributed by atoms with E-state index in [0.717, 1.165) is 25.1 Å². The lowest BCUT2D eigenvalue weighted by Gasteiger charge is -2.31. The molecule has 1 aliphatic rings. The first kappa shape index (κ1) is 12.9. The van der Waals surface area contributed by atoms with Gasteiger partial charge in [-0.25, -0.2) is 0 Å². The van der Waals surface area contributed by atoms with E-state index in [2.05, 4.69) is 10.2 Å². The molecule has 0 bridgehead atoms. The first-order valence-electron chi connectivity index (χ1n) is 6.34. The topological polar surface area (TPSA) is 84.2 Å². The van der Waals surface area contributed by atoms with Crippen molar-refractivity contribution in [3.05, 3.63) is 11.3 Å². The number of anilines is 1. The largest absolute Gasteiger partial charge is 0.382 e. The Labute approximate surface area is 106 Å². The highest BCUT2D eigenvalue weighted by atomic mass is 16.5. The molecule has 1 amide bonds. The summed E-state index contributed by atoms with van der Waals surface area (Å²) in [4.78, 5) is 14.1. The van der Waals surface area contributed by atoms with Crippen LogP contribution in [0, 0.1) is 6.92 Å². The molecule has 0 aliphatic carbocycles. The van der Waals surface area contributed by atoms with Crippen molar-refractivity contribution in [1.29, 1.82) is 0 Å². The van der Waals surface area contributed by atoms with Gasteiger partial charge in [-0.3, -0.25) is 9.89 Å². The summed E-state index contributed by atoms with van der Waals surface area (Å²) >= 11 is 0. The number of ether oxygens (including phenoxy) is 1. The van der Waals surface area contributed by atoms with E-state index in [9.17, 15) is 4.79 Å². The van der Waals surface area contributed by atoms with E-state index >= 15 is 0 Å². The average molecular weight is 252 g/mol. The van der Waals surface area contributed by atoms with Crippen LogP contribution in [0.4, 0.5) is 5.82 Å². The third kappa shape index (κ3) is 2.48. The van der Waals surface area contributed by atoms with Gasteiger partial charge in [0.1, 0.15) is 5.56 Å². The number of likely N-dealkylation sites (tertiary alicyclic amines) is 1. The number of nitrogens with two attached hydrogens (primary N) is 1. The number of amides is 1. The van der Waals surface area contributed by atoms with E-state index in [1.165, 1.54) is 0 Å². The molecule has 3 N–H and O–H groups in total. The fourth-order valence-electron chi connectivity index (χ4n) is 2.34. The van der Waals surface area contributed by atoms with Crippen LogP contribution < -0.4 is 5.73 Å². The van der Waals surface area contributed by atoms with Crippen molar-refractivity contribution < 1.29 is 9.53 Å². The molecule has 1 fully saturated rings. The number of piperidine rings is 1. The van der Waals surface area contributed by atoms with Gasteiger partial charge >= 0.3 is 0 Å². The lowest BCUT2D eigenvalue weighted by molar-refractivity contribution is 0.0146. The van der Waals surface area contributed by atoms with Gasteiger partial charge in [-0.2, -0.15) is 5.10 Å². The number of nitrogens with zero attached hydrogens (tertiary/aromatic N) is 2. The zero-order valence-electron chi connectivity index (χ0n) is 10.9. The van der Waals surface area contributed by atoms with Gasteiger partial charge in [-0.15, -0.1) is 0 Å². The number of aryl methyl sites for hydroxylation is 1. The molecule has 0 atom stereocenters. The zero-order valence-corrected chi connectivity index (χ0v) is 10.9. The fraction of sp³-hybridized carbons (Fsp3) is 0.667. The number of hydrogen-bond donors (Lipinski definition) is 2. The Bertz CT molecular complexity index is 402. The Morgan fingerprint density at radius 2 is 2.22 bits per heavy atom. The van der Waals surface area contributed by atoms with Gasteiger partial charge in [0.2, 0.25) is 0 Å². The van der Waals surface area contributed by atoms with Crippen LogP contribution in [0.3, 0.4) is 0 Å². The molecule has 6 nitrogen and oxygen atoms in total. The predicted molar refractivity (Wildman–Crippen MR) is 68.3 cm³/mol. The SMILES string of the molecule is CCOC1CCN(C(=O)c2c(N)n[nH]c2C)CC1. The maximum Gasteiger partial charge on any atom is 0.259 e. The summed E-state index contributed by atoms with van der Waals surface area (Å²) in [6, 6.07) is 0. The van der Waals surface area contributed by atoms with Gasteiger partial charge in [0.05, 0.1) is 6.10 Å². The number of carbonyl (C=O) groups excluding carboxylic acids is 1. The van der Waals surface area contributed by atoms with Crippen molar-refractivity contribution in [2.24, 2.45) is 0 Å². The number of hydrogen-bond acceptors (Lipinski definition) is 4. The molecule has 0 radical (unpaired) electrons.